The second-order valence-electron chi connectivity index (χ2n) is 4.44. The van der Waals surface area contributed by atoms with Crippen LogP contribution in [0.2, 0.25) is 0 Å². The van der Waals surface area contributed by atoms with E-state index in [1.165, 1.54) is 12.1 Å². The predicted molar refractivity (Wildman–Crippen MR) is 76.4 cm³/mol. The molecule has 2 aromatic rings. The molecule has 2 rings (SSSR count). The molecule has 112 valence electrons. The van der Waals surface area contributed by atoms with Crippen molar-refractivity contribution in [3.05, 3.63) is 59.7 Å². The molecule has 0 aromatic heterocycles. The number of alkyl halides is 3. The fraction of sp³-hybridized carbons (Fsp3) is 0.250. The first-order valence-electron chi connectivity index (χ1n) is 6.63. The molecule has 0 bridgehead atoms. The minimum atomic E-state index is -4.37. The van der Waals surface area contributed by atoms with Crippen molar-refractivity contribution in [2.45, 2.75) is 19.6 Å². The van der Waals surface area contributed by atoms with Crippen LogP contribution in [0.1, 0.15) is 18.1 Å². The molecule has 2 nitrogen and oxygen atoms in total. The van der Waals surface area contributed by atoms with Crippen molar-refractivity contribution in [3.63, 3.8) is 0 Å². The van der Waals surface area contributed by atoms with Crippen LogP contribution >= 0.6 is 0 Å². The van der Waals surface area contributed by atoms with Crippen molar-refractivity contribution >= 4 is 5.69 Å². The lowest BCUT2D eigenvalue weighted by Gasteiger charge is -2.15. The molecule has 0 unspecified atom stereocenters. The Morgan fingerprint density at radius 1 is 1.00 bits per heavy atom. The molecule has 0 fully saturated rings. The molecule has 0 aliphatic heterocycles. The smallest absolute Gasteiger partial charge is 0.418 e. The fourth-order valence-corrected chi connectivity index (χ4v) is 2.02. The maximum Gasteiger partial charge on any atom is 0.418 e. The Bertz CT molecular complexity index is 596. The third-order valence-electron chi connectivity index (χ3n) is 2.97. The minimum absolute atomic E-state index is 0.0660. The van der Waals surface area contributed by atoms with Crippen LogP contribution in [0.5, 0.6) is 5.75 Å². The number of anilines is 1. The molecule has 5 heteroatoms. The highest BCUT2D eigenvalue weighted by Gasteiger charge is 2.33. The maximum absolute atomic E-state index is 12.9. The number of ether oxygens (including phenoxy) is 1. The first-order valence-corrected chi connectivity index (χ1v) is 6.63. The van der Waals surface area contributed by atoms with Gasteiger partial charge in [0.2, 0.25) is 0 Å². The zero-order valence-corrected chi connectivity index (χ0v) is 11.6. The number of benzene rings is 2. The van der Waals surface area contributed by atoms with Gasteiger partial charge in [-0.1, -0.05) is 30.3 Å². The summed E-state index contributed by atoms with van der Waals surface area (Å²) in [6, 6.07) is 12.7. The van der Waals surface area contributed by atoms with E-state index in [1.807, 2.05) is 25.1 Å². The number of halogens is 3. The van der Waals surface area contributed by atoms with E-state index in [0.29, 0.717) is 12.4 Å². The Morgan fingerprint density at radius 2 is 1.67 bits per heavy atom. The summed E-state index contributed by atoms with van der Waals surface area (Å²) < 4.78 is 44.2. The van der Waals surface area contributed by atoms with Crippen LogP contribution in [0.4, 0.5) is 18.9 Å². The van der Waals surface area contributed by atoms with Gasteiger partial charge in [-0.3, -0.25) is 0 Å². The summed E-state index contributed by atoms with van der Waals surface area (Å²) in [5.41, 5.74) is 0.214. The monoisotopic (exact) mass is 295 g/mol. The number of para-hydroxylation sites is 2. The highest BCUT2D eigenvalue weighted by atomic mass is 19.4. The lowest BCUT2D eigenvalue weighted by Crippen LogP contribution is -2.11. The summed E-state index contributed by atoms with van der Waals surface area (Å²) in [5, 5.41) is 2.83. The van der Waals surface area contributed by atoms with E-state index in [1.54, 1.807) is 12.1 Å². The Kier molecular flexibility index (Phi) is 4.73. The van der Waals surface area contributed by atoms with Gasteiger partial charge in [-0.25, -0.2) is 0 Å². The highest BCUT2D eigenvalue weighted by Crippen LogP contribution is 2.35. The molecule has 1 N–H and O–H groups in total. The molecule has 0 atom stereocenters. The zero-order chi connectivity index (χ0) is 15.3. The van der Waals surface area contributed by atoms with Gasteiger partial charge >= 0.3 is 6.18 Å². The van der Waals surface area contributed by atoms with Crippen LogP contribution in [-0.2, 0) is 12.7 Å². The van der Waals surface area contributed by atoms with Crippen LogP contribution in [-0.4, -0.2) is 6.61 Å². The molecule has 0 heterocycles. The SMILES string of the molecule is CCOc1ccccc1CNc1ccccc1C(F)(F)F. The second kappa shape index (κ2) is 6.52. The third-order valence-corrected chi connectivity index (χ3v) is 2.97. The van der Waals surface area contributed by atoms with E-state index in [4.69, 9.17) is 4.74 Å². The van der Waals surface area contributed by atoms with E-state index >= 15 is 0 Å². The van der Waals surface area contributed by atoms with Crippen molar-refractivity contribution < 1.29 is 17.9 Å². The average molecular weight is 295 g/mol. The van der Waals surface area contributed by atoms with Crippen molar-refractivity contribution in [2.75, 3.05) is 11.9 Å². The van der Waals surface area contributed by atoms with Crippen molar-refractivity contribution in [1.29, 1.82) is 0 Å². The first-order chi connectivity index (χ1) is 10.0. The second-order valence-corrected chi connectivity index (χ2v) is 4.44. The molecule has 0 amide bonds. The molecule has 0 aliphatic carbocycles. The lowest BCUT2D eigenvalue weighted by atomic mass is 10.1. The molecule has 0 spiro atoms. The van der Waals surface area contributed by atoms with Gasteiger partial charge in [0.25, 0.3) is 0 Å². The first kappa shape index (κ1) is 15.2. The predicted octanol–water partition coefficient (Wildman–Crippen LogP) is 4.72. The summed E-state index contributed by atoms with van der Waals surface area (Å²) in [6.45, 7) is 2.64. The number of rotatable bonds is 5. The van der Waals surface area contributed by atoms with Crippen LogP contribution in [0, 0.1) is 0 Å². The molecule has 2 aromatic carbocycles. The lowest BCUT2D eigenvalue weighted by molar-refractivity contribution is -0.136. The van der Waals surface area contributed by atoms with E-state index in [9.17, 15) is 13.2 Å². The van der Waals surface area contributed by atoms with Gasteiger partial charge in [0.05, 0.1) is 12.2 Å². The number of hydrogen-bond donors (Lipinski definition) is 1. The Labute approximate surface area is 121 Å². The van der Waals surface area contributed by atoms with Crippen LogP contribution in [0.3, 0.4) is 0 Å². The van der Waals surface area contributed by atoms with E-state index in [2.05, 4.69) is 5.32 Å². The average Bonchev–Trinajstić information content (AvgIpc) is 2.46. The summed E-state index contributed by atoms with van der Waals surface area (Å²) in [6.07, 6.45) is -4.37. The van der Waals surface area contributed by atoms with E-state index in [0.717, 1.165) is 11.6 Å². The van der Waals surface area contributed by atoms with Crippen LogP contribution < -0.4 is 10.1 Å². The van der Waals surface area contributed by atoms with Gasteiger partial charge in [-0.2, -0.15) is 13.2 Å². The molecule has 0 radical (unpaired) electrons. The standard InChI is InChI=1S/C16H16F3NO/c1-2-21-15-10-6-3-7-12(15)11-20-14-9-5-4-8-13(14)16(17,18)19/h3-10,20H,2,11H2,1H3. The molecule has 21 heavy (non-hydrogen) atoms. The molecule has 0 saturated heterocycles. The number of nitrogens with one attached hydrogen (secondary N) is 1. The van der Waals surface area contributed by atoms with Gasteiger partial charge < -0.3 is 10.1 Å². The molecule has 0 saturated carbocycles. The van der Waals surface area contributed by atoms with E-state index < -0.39 is 11.7 Å². The van der Waals surface area contributed by atoms with Gasteiger partial charge in [0.1, 0.15) is 5.75 Å². The van der Waals surface area contributed by atoms with Crippen molar-refractivity contribution in [3.8, 4) is 5.75 Å². The van der Waals surface area contributed by atoms with E-state index in [-0.39, 0.29) is 12.2 Å². The van der Waals surface area contributed by atoms with Gasteiger partial charge in [0, 0.05) is 17.8 Å². The Balaban J connectivity index is 2.18. The van der Waals surface area contributed by atoms with Crippen molar-refractivity contribution in [1.82, 2.24) is 0 Å². The number of hydrogen-bond acceptors (Lipinski definition) is 2. The largest absolute Gasteiger partial charge is 0.494 e. The minimum Gasteiger partial charge on any atom is -0.494 e. The van der Waals surface area contributed by atoms with Crippen LogP contribution in [0.15, 0.2) is 48.5 Å². The molecular formula is C16H16F3NO. The molecule has 0 aliphatic rings. The van der Waals surface area contributed by atoms with Gasteiger partial charge in [-0.05, 0) is 25.1 Å². The summed E-state index contributed by atoms with van der Waals surface area (Å²) in [7, 11) is 0. The van der Waals surface area contributed by atoms with Crippen molar-refractivity contribution in [2.24, 2.45) is 0 Å². The summed E-state index contributed by atoms with van der Waals surface area (Å²) >= 11 is 0. The summed E-state index contributed by atoms with van der Waals surface area (Å²) in [4.78, 5) is 0. The maximum atomic E-state index is 12.9. The Hall–Kier alpha value is -2.17. The topological polar surface area (TPSA) is 21.3 Å². The zero-order valence-electron chi connectivity index (χ0n) is 11.6. The van der Waals surface area contributed by atoms with Crippen LogP contribution in [0.25, 0.3) is 0 Å². The normalized spacial score (nSPS) is 11.2. The third kappa shape index (κ3) is 3.90. The fourth-order valence-electron chi connectivity index (χ4n) is 2.02. The van der Waals surface area contributed by atoms with Gasteiger partial charge in [0.15, 0.2) is 0 Å². The summed E-state index contributed by atoms with van der Waals surface area (Å²) in [5.74, 6) is 0.678. The Morgan fingerprint density at radius 3 is 2.38 bits per heavy atom. The molecular weight excluding hydrogens is 279 g/mol. The quantitative estimate of drug-likeness (QED) is 0.862. The van der Waals surface area contributed by atoms with Gasteiger partial charge in [-0.15, -0.1) is 0 Å². The highest BCUT2D eigenvalue weighted by molar-refractivity contribution is 5.53.